The third-order valence-electron chi connectivity index (χ3n) is 3.18. The number of H-pyrrole nitrogens is 1. The molecule has 0 unspecified atom stereocenters. The number of pyridine rings is 1. The number of aromatic nitrogens is 3. The predicted molar refractivity (Wildman–Crippen MR) is 76.1 cm³/mol. The molecule has 2 heterocycles. The maximum atomic E-state index is 12.4. The number of nitrogens with zero attached hydrogens (tertiary/aromatic N) is 3. The highest BCUT2D eigenvalue weighted by atomic mass is 16.2. The fourth-order valence-corrected chi connectivity index (χ4v) is 2.13. The molecule has 0 radical (unpaired) electrons. The van der Waals surface area contributed by atoms with Crippen molar-refractivity contribution in [1.29, 1.82) is 0 Å². The fraction of sp³-hybridized carbons (Fsp3) is 0.133. The van der Waals surface area contributed by atoms with Gasteiger partial charge in [-0.05, 0) is 11.6 Å². The lowest BCUT2D eigenvalue weighted by atomic mass is 10.2. The van der Waals surface area contributed by atoms with E-state index < -0.39 is 0 Å². The van der Waals surface area contributed by atoms with Gasteiger partial charge in [-0.2, -0.15) is 5.10 Å². The van der Waals surface area contributed by atoms with Crippen molar-refractivity contribution in [2.24, 2.45) is 0 Å². The van der Waals surface area contributed by atoms with Crippen LogP contribution < -0.4 is 0 Å². The van der Waals surface area contributed by atoms with Crippen molar-refractivity contribution >= 4 is 16.8 Å². The molecule has 0 spiro atoms. The number of rotatable bonds is 3. The standard InChI is InChI=1S/C15H14N4O/c1-19(10-11-5-3-2-4-6-11)15(20)14-12-9-16-8-7-13(12)17-18-14/h2-9H,10H2,1H3,(H,17,18). The molecule has 5 nitrogen and oxygen atoms in total. The highest BCUT2D eigenvalue weighted by Crippen LogP contribution is 2.16. The van der Waals surface area contributed by atoms with Crippen LogP contribution in [0.3, 0.4) is 0 Å². The Balaban J connectivity index is 1.85. The third kappa shape index (κ3) is 2.25. The van der Waals surface area contributed by atoms with Crippen LogP contribution >= 0.6 is 0 Å². The molecular weight excluding hydrogens is 252 g/mol. The molecule has 0 saturated carbocycles. The van der Waals surface area contributed by atoms with Crippen molar-refractivity contribution in [3.63, 3.8) is 0 Å². The van der Waals surface area contributed by atoms with E-state index in [0.29, 0.717) is 12.2 Å². The molecule has 0 saturated heterocycles. The molecule has 0 aliphatic heterocycles. The minimum absolute atomic E-state index is 0.117. The quantitative estimate of drug-likeness (QED) is 0.790. The molecule has 5 heteroatoms. The van der Waals surface area contributed by atoms with Crippen LogP contribution in [0.25, 0.3) is 10.9 Å². The zero-order valence-electron chi connectivity index (χ0n) is 11.1. The highest BCUT2D eigenvalue weighted by Gasteiger charge is 2.18. The SMILES string of the molecule is CN(Cc1ccccc1)C(=O)c1n[nH]c2ccncc12. The minimum Gasteiger partial charge on any atom is -0.336 e. The highest BCUT2D eigenvalue weighted by molar-refractivity contribution is 6.04. The number of carbonyl (C=O) groups is 1. The van der Waals surface area contributed by atoms with Crippen LogP contribution in [-0.2, 0) is 6.54 Å². The number of amides is 1. The first-order valence-electron chi connectivity index (χ1n) is 6.33. The monoisotopic (exact) mass is 266 g/mol. The summed E-state index contributed by atoms with van der Waals surface area (Å²) in [4.78, 5) is 18.1. The Morgan fingerprint density at radius 1 is 1.25 bits per heavy atom. The summed E-state index contributed by atoms with van der Waals surface area (Å²) >= 11 is 0. The van der Waals surface area contributed by atoms with Crippen LogP contribution in [0.4, 0.5) is 0 Å². The number of carbonyl (C=O) groups excluding carboxylic acids is 1. The largest absolute Gasteiger partial charge is 0.336 e. The summed E-state index contributed by atoms with van der Waals surface area (Å²) in [5.41, 5.74) is 2.31. The van der Waals surface area contributed by atoms with Crippen molar-refractivity contribution in [2.45, 2.75) is 6.54 Å². The maximum absolute atomic E-state index is 12.4. The molecule has 100 valence electrons. The van der Waals surface area contributed by atoms with Gasteiger partial charge in [-0.1, -0.05) is 30.3 Å². The van der Waals surface area contributed by atoms with Crippen LogP contribution in [0.1, 0.15) is 16.1 Å². The summed E-state index contributed by atoms with van der Waals surface area (Å²) in [6, 6.07) is 11.7. The summed E-state index contributed by atoms with van der Waals surface area (Å²) < 4.78 is 0. The van der Waals surface area contributed by atoms with Gasteiger partial charge in [0.15, 0.2) is 5.69 Å². The van der Waals surface area contributed by atoms with E-state index in [1.807, 2.05) is 30.3 Å². The van der Waals surface area contributed by atoms with Crippen molar-refractivity contribution in [3.8, 4) is 0 Å². The normalized spacial score (nSPS) is 10.7. The van der Waals surface area contributed by atoms with Crippen molar-refractivity contribution < 1.29 is 4.79 Å². The fourth-order valence-electron chi connectivity index (χ4n) is 2.13. The smallest absolute Gasteiger partial charge is 0.275 e. The lowest BCUT2D eigenvalue weighted by Gasteiger charge is -2.16. The van der Waals surface area contributed by atoms with Crippen molar-refractivity contribution in [2.75, 3.05) is 7.05 Å². The van der Waals surface area contributed by atoms with Gasteiger partial charge < -0.3 is 4.90 Å². The lowest BCUT2D eigenvalue weighted by molar-refractivity contribution is 0.0781. The molecule has 1 aromatic carbocycles. The van der Waals surface area contributed by atoms with Gasteiger partial charge in [-0.3, -0.25) is 14.9 Å². The summed E-state index contributed by atoms with van der Waals surface area (Å²) in [5.74, 6) is -0.117. The van der Waals surface area contributed by atoms with Crippen LogP contribution in [0.5, 0.6) is 0 Å². The second kappa shape index (κ2) is 5.13. The number of fused-ring (bicyclic) bond motifs is 1. The summed E-state index contributed by atoms with van der Waals surface area (Å²) in [6.07, 6.45) is 3.32. The van der Waals surface area contributed by atoms with Gasteiger partial charge in [-0.15, -0.1) is 0 Å². The maximum Gasteiger partial charge on any atom is 0.275 e. The Labute approximate surface area is 116 Å². The molecule has 0 fully saturated rings. The Morgan fingerprint density at radius 2 is 2.05 bits per heavy atom. The first kappa shape index (κ1) is 12.3. The van der Waals surface area contributed by atoms with E-state index >= 15 is 0 Å². The van der Waals surface area contributed by atoms with E-state index in [1.165, 1.54) is 0 Å². The van der Waals surface area contributed by atoms with Crippen LogP contribution in [0.15, 0.2) is 48.8 Å². The number of aromatic amines is 1. The van der Waals surface area contributed by atoms with E-state index in [9.17, 15) is 4.79 Å². The van der Waals surface area contributed by atoms with Gasteiger partial charge in [0.1, 0.15) is 0 Å². The molecule has 2 aromatic heterocycles. The molecule has 1 N–H and O–H groups in total. The molecule has 0 aliphatic rings. The van der Waals surface area contributed by atoms with Gasteiger partial charge in [0.05, 0.1) is 10.9 Å². The Hall–Kier alpha value is -2.69. The topological polar surface area (TPSA) is 61.9 Å². The first-order chi connectivity index (χ1) is 9.75. The average molecular weight is 266 g/mol. The molecule has 0 atom stereocenters. The Kier molecular flexibility index (Phi) is 3.16. The second-order valence-corrected chi connectivity index (χ2v) is 4.64. The average Bonchev–Trinajstić information content (AvgIpc) is 2.91. The van der Waals surface area contributed by atoms with Gasteiger partial charge in [0.2, 0.25) is 0 Å². The Morgan fingerprint density at radius 3 is 2.85 bits per heavy atom. The van der Waals surface area contributed by atoms with Crippen molar-refractivity contribution in [3.05, 3.63) is 60.0 Å². The van der Waals surface area contributed by atoms with E-state index in [1.54, 1.807) is 30.4 Å². The summed E-state index contributed by atoms with van der Waals surface area (Å²) in [7, 11) is 1.77. The molecule has 3 rings (SSSR count). The minimum atomic E-state index is -0.117. The molecule has 0 bridgehead atoms. The zero-order chi connectivity index (χ0) is 13.9. The van der Waals surface area contributed by atoms with Crippen molar-refractivity contribution in [1.82, 2.24) is 20.1 Å². The van der Waals surface area contributed by atoms with E-state index in [4.69, 9.17) is 0 Å². The van der Waals surface area contributed by atoms with E-state index in [-0.39, 0.29) is 5.91 Å². The van der Waals surface area contributed by atoms with Crippen LogP contribution in [0.2, 0.25) is 0 Å². The molecular formula is C15H14N4O. The summed E-state index contributed by atoms with van der Waals surface area (Å²) in [5, 5.41) is 7.70. The molecule has 3 aromatic rings. The van der Waals surface area contributed by atoms with Crippen LogP contribution in [0, 0.1) is 0 Å². The molecule has 0 aliphatic carbocycles. The number of hydrogen-bond acceptors (Lipinski definition) is 3. The number of nitrogens with one attached hydrogen (secondary N) is 1. The van der Waals surface area contributed by atoms with Gasteiger partial charge in [0.25, 0.3) is 5.91 Å². The first-order valence-corrected chi connectivity index (χ1v) is 6.33. The van der Waals surface area contributed by atoms with Gasteiger partial charge in [0, 0.05) is 26.0 Å². The Bertz CT molecular complexity index is 736. The lowest BCUT2D eigenvalue weighted by Crippen LogP contribution is -2.26. The van der Waals surface area contributed by atoms with E-state index in [0.717, 1.165) is 16.5 Å². The van der Waals surface area contributed by atoms with Gasteiger partial charge >= 0.3 is 0 Å². The molecule has 20 heavy (non-hydrogen) atoms. The van der Waals surface area contributed by atoms with Crippen LogP contribution in [-0.4, -0.2) is 33.0 Å². The number of benzene rings is 1. The molecule has 1 amide bonds. The van der Waals surface area contributed by atoms with Gasteiger partial charge in [-0.25, -0.2) is 0 Å². The third-order valence-corrected chi connectivity index (χ3v) is 3.18. The van der Waals surface area contributed by atoms with E-state index in [2.05, 4.69) is 15.2 Å². The predicted octanol–water partition coefficient (Wildman–Crippen LogP) is 2.23. The zero-order valence-corrected chi connectivity index (χ0v) is 11.1. The second-order valence-electron chi connectivity index (χ2n) is 4.64. The number of hydrogen-bond donors (Lipinski definition) is 1. The summed E-state index contributed by atoms with van der Waals surface area (Å²) in [6.45, 7) is 0.550.